The molecule has 0 radical (unpaired) electrons. The monoisotopic (exact) mass is 298 g/mol. The van der Waals surface area contributed by atoms with Crippen molar-refractivity contribution in [1.82, 2.24) is 0 Å². The normalized spacial score (nSPS) is 28.5. The van der Waals surface area contributed by atoms with E-state index in [1.54, 1.807) is 6.92 Å². The van der Waals surface area contributed by atoms with E-state index in [4.69, 9.17) is 18.9 Å². The van der Waals surface area contributed by atoms with E-state index in [-0.39, 0.29) is 17.2 Å². The number of ether oxygens (including phenoxy) is 4. The minimum absolute atomic E-state index is 0.210. The largest absolute Gasteiger partial charge is 0.459 e. The fourth-order valence-electron chi connectivity index (χ4n) is 1.04. The lowest BCUT2D eigenvalue weighted by molar-refractivity contribution is -0.140. The van der Waals surface area contributed by atoms with E-state index in [9.17, 15) is 9.59 Å². The predicted molar refractivity (Wildman–Crippen MR) is 75.6 cm³/mol. The first-order valence-electron chi connectivity index (χ1n) is 6.59. The van der Waals surface area contributed by atoms with Gasteiger partial charge >= 0.3 is 11.9 Å². The number of rotatable bonds is 6. The minimum atomic E-state index is -0.392. The lowest BCUT2D eigenvalue weighted by Gasteiger charge is -2.05. The van der Waals surface area contributed by atoms with Gasteiger partial charge in [0.1, 0.15) is 24.4 Å². The van der Waals surface area contributed by atoms with Crippen LogP contribution in [0.25, 0.3) is 0 Å². The molecule has 2 saturated heterocycles. The number of carbonyl (C=O) groups excluding carboxylic acids is 2. The van der Waals surface area contributed by atoms with Gasteiger partial charge in [-0.2, -0.15) is 0 Å². The second-order valence-electron chi connectivity index (χ2n) is 5.65. The third kappa shape index (κ3) is 7.06. The smallest absolute Gasteiger partial charge is 0.333 e. The molecule has 0 spiro atoms. The summed E-state index contributed by atoms with van der Waals surface area (Å²) in [6.45, 7) is 14.2. The molecule has 0 amide bonds. The molecule has 21 heavy (non-hydrogen) atoms. The van der Waals surface area contributed by atoms with Crippen LogP contribution in [-0.2, 0) is 28.5 Å². The molecule has 0 aromatic carbocycles. The maximum Gasteiger partial charge on any atom is 0.333 e. The van der Waals surface area contributed by atoms with Crippen LogP contribution in [0.15, 0.2) is 24.8 Å². The van der Waals surface area contributed by atoms with Crippen LogP contribution in [0.5, 0.6) is 0 Å². The summed E-state index contributed by atoms with van der Waals surface area (Å²) in [6.07, 6.45) is 1.14. The molecule has 0 aromatic rings. The molecule has 118 valence electrons. The number of hydrogen-bond donors (Lipinski definition) is 0. The fourth-order valence-corrected chi connectivity index (χ4v) is 1.04. The molecule has 2 rings (SSSR count). The lowest BCUT2D eigenvalue weighted by atomic mass is 10.2. The molecule has 0 aliphatic carbocycles. The molecule has 0 N–H and O–H groups in total. The van der Waals surface area contributed by atoms with E-state index in [2.05, 4.69) is 13.2 Å². The van der Waals surface area contributed by atoms with Crippen LogP contribution in [0.1, 0.15) is 20.8 Å². The zero-order chi connectivity index (χ0) is 16.1. The van der Waals surface area contributed by atoms with Gasteiger partial charge in [-0.25, -0.2) is 9.59 Å². The van der Waals surface area contributed by atoms with Crippen LogP contribution < -0.4 is 0 Å². The summed E-state index contributed by atoms with van der Waals surface area (Å²) in [5.74, 6) is -0.738. The van der Waals surface area contributed by atoms with Crippen molar-refractivity contribution in [3.63, 3.8) is 0 Å². The Morgan fingerprint density at radius 1 is 1.14 bits per heavy atom. The van der Waals surface area contributed by atoms with Gasteiger partial charge in [-0.1, -0.05) is 13.2 Å². The summed E-state index contributed by atoms with van der Waals surface area (Å²) < 4.78 is 19.6. The Kier molecular flexibility index (Phi) is 5.69. The van der Waals surface area contributed by atoms with Gasteiger partial charge in [-0.05, 0) is 20.8 Å². The Morgan fingerprint density at radius 2 is 1.57 bits per heavy atom. The average molecular weight is 298 g/mol. The zero-order valence-corrected chi connectivity index (χ0v) is 12.8. The SMILES string of the molecule is C=C(C)C(=O)OCC1(C)CO1.C=CC(=O)OCC1(C)CO1. The highest BCUT2D eigenvalue weighted by Gasteiger charge is 2.41. The van der Waals surface area contributed by atoms with Gasteiger partial charge < -0.3 is 18.9 Å². The standard InChI is InChI=1S/C8H12O3.C7H10O3/c1-6(2)7(9)10-4-8(3)5-11-8;1-3-6(8)9-4-7(2)5-10-7/h1,4-5H2,2-3H3;3H,1,4-5H2,2H3. The first-order chi connectivity index (χ1) is 9.70. The number of esters is 2. The maximum absolute atomic E-state index is 10.8. The van der Waals surface area contributed by atoms with E-state index in [0.29, 0.717) is 32.0 Å². The quantitative estimate of drug-likeness (QED) is 0.419. The van der Waals surface area contributed by atoms with E-state index in [1.165, 1.54) is 0 Å². The summed E-state index contributed by atoms with van der Waals surface area (Å²) >= 11 is 0. The molecule has 2 heterocycles. The summed E-state index contributed by atoms with van der Waals surface area (Å²) in [6, 6.07) is 0. The van der Waals surface area contributed by atoms with Crippen LogP contribution in [0, 0.1) is 0 Å². The summed E-state index contributed by atoms with van der Waals surface area (Å²) in [4.78, 5) is 21.3. The Bertz CT molecular complexity index is 431. The van der Waals surface area contributed by atoms with Crippen LogP contribution in [0.3, 0.4) is 0 Å². The number of epoxide rings is 2. The van der Waals surface area contributed by atoms with Crippen LogP contribution in [-0.4, -0.2) is 49.6 Å². The van der Waals surface area contributed by atoms with Gasteiger partial charge in [0.05, 0.1) is 13.2 Å². The third-order valence-electron chi connectivity index (χ3n) is 2.82. The highest BCUT2D eigenvalue weighted by Crippen LogP contribution is 2.26. The molecule has 0 saturated carbocycles. The van der Waals surface area contributed by atoms with Gasteiger partial charge in [0.15, 0.2) is 0 Å². The average Bonchev–Trinajstić information content (AvgIpc) is 3.35. The second-order valence-corrected chi connectivity index (χ2v) is 5.65. The number of hydrogen-bond acceptors (Lipinski definition) is 6. The molecule has 2 atom stereocenters. The van der Waals surface area contributed by atoms with Crippen molar-refractivity contribution in [2.45, 2.75) is 32.0 Å². The van der Waals surface area contributed by atoms with Crippen molar-refractivity contribution in [1.29, 1.82) is 0 Å². The maximum atomic E-state index is 10.8. The minimum Gasteiger partial charge on any atom is -0.459 e. The molecular formula is C15H22O6. The number of carbonyl (C=O) groups is 2. The Labute approximate surface area is 124 Å². The molecule has 2 fully saturated rings. The van der Waals surface area contributed by atoms with Gasteiger partial charge in [-0.15, -0.1) is 0 Å². The highest BCUT2D eigenvalue weighted by molar-refractivity contribution is 5.86. The third-order valence-corrected chi connectivity index (χ3v) is 2.82. The molecule has 2 aliphatic rings. The van der Waals surface area contributed by atoms with Gasteiger partial charge in [0.2, 0.25) is 0 Å². The molecule has 0 aromatic heterocycles. The van der Waals surface area contributed by atoms with Crippen molar-refractivity contribution in [3.05, 3.63) is 24.8 Å². The van der Waals surface area contributed by atoms with Gasteiger partial charge in [-0.3, -0.25) is 0 Å². The Morgan fingerprint density at radius 3 is 1.90 bits per heavy atom. The second kappa shape index (κ2) is 6.87. The highest BCUT2D eigenvalue weighted by atomic mass is 16.6. The van der Waals surface area contributed by atoms with E-state index >= 15 is 0 Å². The molecule has 0 bridgehead atoms. The van der Waals surface area contributed by atoms with Crippen molar-refractivity contribution >= 4 is 11.9 Å². The summed E-state index contributed by atoms with van der Waals surface area (Å²) in [5, 5.41) is 0. The summed E-state index contributed by atoms with van der Waals surface area (Å²) in [7, 11) is 0. The van der Waals surface area contributed by atoms with Crippen LogP contribution in [0.2, 0.25) is 0 Å². The van der Waals surface area contributed by atoms with Crippen LogP contribution in [0.4, 0.5) is 0 Å². The predicted octanol–water partition coefficient (Wildman–Crippen LogP) is 1.40. The van der Waals surface area contributed by atoms with E-state index < -0.39 is 5.97 Å². The lowest BCUT2D eigenvalue weighted by Crippen LogP contribution is -2.18. The molecule has 2 unspecified atom stereocenters. The van der Waals surface area contributed by atoms with E-state index in [1.807, 2.05) is 13.8 Å². The molecule has 6 nitrogen and oxygen atoms in total. The van der Waals surface area contributed by atoms with Gasteiger partial charge in [0.25, 0.3) is 0 Å². The fraction of sp³-hybridized carbons (Fsp3) is 0.600. The first-order valence-corrected chi connectivity index (χ1v) is 6.59. The first kappa shape index (κ1) is 17.4. The van der Waals surface area contributed by atoms with E-state index in [0.717, 1.165) is 6.08 Å². The molecule has 2 aliphatic heterocycles. The van der Waals surface area contributed by atoms with Crippen molar-refractivity contribution in [3.8, 4) is 0 Å². The van der Waals surface area contributed by atoms with Crippen molar-refractivity contribution < 1.29 is 28.5 Å². The topological polar surface area (TPSA) is 77.7 Å². The van der Waals surface area contributed by atoms with Crippen molar-refractivity contribution in [2.24, 2.45) is 0 Å². The Hall–Kier alpha value is -1.66. The van der Waals surface area contributed by atoms with Gasteiger partial charge in [0, 0.05) is 11.6 Å². The zero-order valence-electron chi connectivity index (χ0n) is 12.8. The molecule has 6 heteroatoms. The van der Waals surface area contributed by atoms with Crippen molar-refractivity contribution in [2.75, 3.05) is 26.4 Å². The Balaban J connectivity index is 0.000000211. The molecular weight excluding hydrogens is 276 g/mol. The summed E-state index contributed by atoms with van der Waals surface area (Å²) in [5.41, 5.74) is -0.00157. The van der Waals surface area contributed by atoms with Crippen LogP contribution >= 0.6 is 0 Å².